The molecule has 0 unspecified atom stereocenters. The number of nitrogens with zero attached hydrogens (tertiary/aromatic N) is 3. The van der Waals surface area contributed by atoms with Gasteiger partial charge in [-0.1, -0.05) is 0 Å². The summed E-state index contributed by atoms with van der Waals surface area (Å²) >= 11 is 0. The molecule has 2 heterocycles. The summed E-state index contributed by atoms with van der Waals surface area (Å²) in [5, 5.41) is 5.31. The monoisotopic (exact) mass is 176 g/mol. The molecule has 0 aromatic carbocycles. The largest absolute Gasteiger partial charge is 0.323 e. The van der Waals surface area contributed by atoms with Crippen LogP contribution in [-0.2, 0) is 7.05 Å². The average molecular weight is 176 g/mol. The standard InChI is InChI=1S/C9H12N4/c1-6(10)8-3-7-5-13(2)12-9(7)4-11-8/h3-6H,10H2,1-2H3/t6-/m1/s1. The highest BCUT2D eigenvalue weighted by atomic mass is 15.2. The normalized spacial score (nSPS) is 13.5. The van der Waals surface area contributed by atoms with Gasteiger partial charge in [0.2, 0.25) is 0 Å². The molecule has 0 bridgehead atoms. The Labute approximate surface area is 76.4 Å². The van der Waals surface area contributed by atoms with Crippen molar-refractivity contribution in [2.75, 3.05) is 0 Å². The topological polar surface area (TPSA) is 56.7 Å². The van der Waals surface area contributed by atoms with Gasteiger partial charge in [0.05, 0.1) is 11.9 Å². The van der Waals surface area contributed by atoms with E-state index in [9.17, 15) is 0 Å². The van der Waals surface area contributed by atoms with Crippen LogP contribution in [0.3, 0.4) is 0 Å². The van der Waals surface area contributed by atoms with Crippen molar-refractivity contribution in [2.24, 2.45) is 12.8 Å². The van der Waals surface area contributed by atoms with Crippen molar-refractivity contribution in [1.29, 1.82) is 0 Å². The lowest BCUT2D eigenvalue weighted by Crippen LogP contribution is -2.06. The molecule has 1 atom stereocenters. The van der Waals surface area contributed by atoms with E-state index < -0.39 is 0 Å². The molecule has 0 amide bonds. The quantitative estimate of drug-likeness (QED) is 0.704. The summed E-state index contributed by atoms with van der Waals surface area (Å²) in [5.74, 6) is 0. The Balaban J connectivity index is 2.61. The van der Waals surface area contributed by atoms with Gasteiger partial charge < -0.3 is 5.73 Å². The first-order chi connectivity index (χ1) is 6.16. The minimum atomic E-state index is -0.0235. The number of aryl methyl sites for hydroxylation is 1. The van der Waals surface area contributed by atoms with E-state index in [2.05, 4.69) is 10.1 Å². The second kappa shape index (κ2) is 2.81. The molecule has 0 spiro atoms. The van der Waals surface area contributed by atoms with Crippen LogP contribution in [0.1, 0.15) is 18.7 Å². The maximum atomic E-state index is 5.72. The minimum absolute atomic E-state index is 0.0235. The molecular weight excluding hydrogens is 164 g/mol. The molecule has 68 valence electrons. The Kier molecular flexibility index (Phi) is 1.77. The smallest absolute Gasteiger partial charge is 0.111 e. The van der Waals surface area contributed by atoms with Crippen molar-refractivity contribution in [3.8, 4) is 0 Å². The second-order valence-corrected chi connectivity index (χ2v) is 3.26. The maximum absolute atomic E-state index is 5.72. The van der Waals surface area contributed by atoms with E-state index in [-0.39, 0.29) is 6.04 Å². The predicted octanol–water partition coefficient (Wildman–Crippen LogP) is 0.988. The summed E-state index contributed by atoms with van der Waals surface area (Å²) in [7, 11) is 1.89. The van der Waals surface area contributed by atoms with Gasteiger partial charge in [0.15, 0.2) is 0 Å². The third kappa shape index (κ3) is 1.40. The highest BCUT2D eigenvalue weighted by Gasteiger charge is 2.04. The van der Waals surface area contributed by atoms with E-state index in [0.29, 0.717) is 0 Å². The molecule has 2 N–H and O–H groups in total. The number of hydrogen-bond acceptors (Lipinski definition) is 3. The summed E-state index contributed by atoms with van der Waals surface area (Å²) in [5.41, 5.74) is 7.53. The predicted molar refractivity (Wildman–Crippen MR) is 51.1 cm³/mol. The number of pyridine rings is 1. The third-order valence-electron chi connectivity index (χ3n) is 1.99. The van der Waals surface area contributed by atoms with E-state index in [1.807, 2.05) is 26.2 Å². The Morgan fingerprint density at radius 1 is 1.54 bits per heavy atom. The molecule has 2 aromatic rings. The molecule has 13 heavy (non-hydrogen) atoms. The van der Waals surface area contributed by atoms with Crippen LogP contribution >= 0.6 is 0 Å². The summed E-state index contributed by atoms with van der Waals surface area (Å²) in [6.07, 6.45) is 3.72. The summed E-state index contributed by atoms with van der Waals surface area (Å²) in [6.45, 7) is 1.92. The zero-order valence-corrected chi connectivity index (χ0v) is 7.73. The number of rotatable bonds is 1. The zero-order chi connectivity index (χ0) is 9.42. The molecule has 0 fully saturated rings. The van der Waals surface area contributed by atoms with Crippen LogP contribution in [0.25, 0.3) is 10.9 Å². The first kappa shape index (κ1) is 8.19. The van der Waals surface area contributed by atoms with Gasteiger partial charge in [-0.05, 0) is 13.0 Å². The van der Waals surface area contributed by atoms with Gasteiger partial charge in [-0.25, -0.2) is 0 Å². The highest BCUT2D eigenvalue weighted by Crippen LogP contribution is 2.14. The molecule has 4 heteroatoms. The van der Waals surface area contributed by atoms with Crippen molar-refractivity contribution < 1.29 is 0 Å². The highest BCUT2D eigenvalue weighted by molar-refractivity contribution is 5.77. The van der Waals surface area contributed by atoms with Gasteiger partial charge in [0, 0.05) is 24.7 Å². The molecule has 0 aliphatic carbocycles. The van der Waals surface area contributed by atoms with Crippen LogP contribution in [0.4, 0.5) is 0 Å². The average Bonchev–Trinajstić information content (AvgIpc) is 2.42. The van der Waals surface area contributed by atoms with E-state index in [1.165, 1.54) is 0 Å². The van der Waals surface area contributed by atoms with Crippen molar-refractivity contribution in [2.45, 2.75) is 13.0 Å². The zero-order valence-electron chi connectivity index (χ0n) is 7.73. The van der Waals surface area contributed by atoms with Gasteiger partial charge >= 0.3 is 0 Å². The fraction of sp³-hybridized carbons (Fsp3) is 0.333. The SMILES string of the molecule is C[C@@H](N)c1cc2cn(C)nc2cn1. The van der Waals surface area contributed by atoms with Gasteiger partial charge in [-0.2, -0.15) is 5.10 Å². The molecule has 2 aromatic heterocycles. The van der Waals surface area contributed by atoms with E-state index in [4.69, 9.17) is 5.73 Å². The lowest BCUT2D eigenvalue weighted by atomic mass is 10.2. The minimum Gasteiger partial charge on any atom is -0.323 e. The lowest BCUT2D eigenvalue weighted by Gasteiger charge is -2.02. The van der Waals surface area contributed by atoms with Gasteiger partial charge in [-0.3, -0.25) is 9.67 Å². The molecule has 0 aliphatic heterocycles. The van der Waals surface area contributed by atoms with Crippen LogP contribution in [-0.4, -0.2) is 14.8 Å². The number of fused-ring (bicyclic) bond motifs is 1. The fourth-order valence-electron chi connectivity index (χ4n) is 1.32. The van der Waals surface area contributed by atoms with Crippen molar-refractivity contribution >= 4 is 10.9 Å². The molecular formula is C9H12N4. The van der Waals surface area contributed by atoms with Gasteiger partial charge in [0.1, 0.15) is 5.52 Å². The summed E-state index contributed by atoms with van der Waals surface area (Å²) in [6, 6.07) is 1.96. The van der Waals surface area contributed by atoms with E-state index >= 15 is 0 Å². The number of nitrogens with two attached hydrogens (primary N) is 1. The maximum Gasteiger partial charge on any atom is 0.111 e. The fourth-order valence-corrected chi connectivity index (χ4v) is 1.32. The van der Waals surface area contributed by atoms with E-state index in [1.54, 1.807) is 10.9 Å². The van der Waals surface area contributed by atoms with E-state index in [0.717, 1.165) is 16.6 Å². The Morgan fingerprint density at radius 2 is 2.31 bits per heavy atom. The van der Waals surface area contributed by atoms with Gasteiger partial charge in [-0.15, -0.1) is 0 Å². The van der Waals surface area contributed by atoms with Crippen molar-refractivity contribution in [3.05, 3.63) is 24.2 Å². The van der Waals surface area contributed by atoms with Crippen molar-refractivity contribution in [3.63, 3.8) is 0 Å². The van der Waals surface area contributed by atoms with Crippen LogP contribution in [0.2, 0.25) is 0 Å². The molecule has 0 radical (unpaired) electrons. The lowest BCUT2D eigenvalue weighted by molar-refractivity contribution is 0.777. The molecule has 2 rings (SSSR count). The van der Waals surface area contributed by atoms with Crippen LogP contribution in [0, 0.1) is 0 Å². The van der Waals surface area contributed by atoms with Crippen molar-refractivity contribution in [1.82, 2.24) is 14.8 Å². The van der Waals surface area contributed by atoms with Gasteiger partial charge in [0.25, 0.3) is 0 Å². The second-order valence-electron chi connectivity index (χ2n) is 3.26. The van der Waals surface area contributed by atoms with Crippen LogP contribution < -0.4 is 5.73 Å². The first-order valence-corrected chi connectivity index (χ1v) is 4.21. The van der Waals surface area contributed by atoms with Crippen LogP contribution in [0.5, 0.6) is 0 Å². The number of hydrogen-bond donors (Lipinski definition) is 1. The Hall–Kier alpha value is -1.42. The molecule has 4 nitrogen and oxygen atoms in total. The first-order valence-electron chi connectivity index (χ1n) is 4.21. The molecule has 0 saturated carbocycles. The number of aromatic nitrogens is 3. The summed E-state index contributed by atoms with van der Waals surface area (Å²) in [4.78, 5) is 4.22. The molecule has 0 aliphatic rings. The summed E-state index contributed by atoms with van der Waals surface area (Å²) < 4.78 is 1.78. The van der Waals surface area contributed by atoms with Crippen LogP contribution in [0.15, 0.2) is 18.5 Å². The molecule has 0 saturated heterocycles. The Morgan fingerprint density at radius 3 is 3.00 bits per heavy atom. The Bertz CT molecular complexity index is 430. The third-order valence-corrected chi connectivity index (χ3v) is 1.99.